The van der Waals surface area contributed by atoms with E-state index in [1.165, 1.54) is 5.56 Å². The number of hydrogen-bond donors (Lipinski definition) is 0. The lowest BCUT2D eigenvalue weighted by Gasteiger charge is -2.15. The molecular weight excluding hydrogens is 284 g/mol. The largest absolute Gasteiger partial charge is 1.00 e. The second-order valence-electron chi connectivity index (χ2n) is 5.25. The Bertz CT molecular complexity index is 567. The first-order valence-corrected chi connectivity index (χ1v) is 6.88. The Balaban J connectivity index is 0.00000220. The minimum atomic E-state index is 0. The van der Waals surface area contributed by atoms with E-state index < -0.39 is 0 Å². The van der Waals surface area contributed by atoms with Crippen LogP contribution in [0.15, 0.2) is 54.9 Å². The third-order valence-electron chi connectivity index (χ3n) is 3.42. The Labute approximate surface area is 132 Å². The molecule has 0 radical (unpaired) electrons. The number of halogens is 1. The minimum Gasteiger partial charge on any atom is -1.00 e. The van der Waals surface area contributed by atoms with Gasteiger partial charge in [0.15, 0.2) is 12.4 Å². The van der Waals surface area contributed by atoms with Gasteiger partial charge in [0.1, 0.15) is 0 Å². The molecule has 2 aromatic rings. The van der Waals surface area contributed by atoms with Gasteiger partial charge in [-0.1, -0.05) is 32.0 Å². The van der Waals surface area contributed by atoms with Gasteiger partial charge in [-0.25, -0.2) is 0 Å². The van der Waals surface area contributed by atoms with Crippen molar-refractivity contribution in [1.82, 2.24) is 0 Å². The summed E-state index contributed by atoms with van der Waals surface area (Å²) in [6.45, 7) is 4.67. The van der Waals surface area contributed by atoms with Gasteiger partial charge >= 0.3 is 0 Å². The van der Waals surface area contributed by atoms with E-state index in [0.29, 0.717) is 12.5 Å². The van der Waals surface area contributed by atoms with Crippen molar-refractivity contribution in [2.45, 2.75) is 26.3 Å². The minimum absolute atomic E-state index is 0. The van der Waals surface area contributed by atoms with E-state index in [4.69, 9.17) is 0 Å². The van der Waals surface area contributed by atoms with Crippen molar-refractivity contribution in [2.75, 3.05) is 11.9 Å². The number of hydrogen-bond acceptors (Lipinski definition) is 1. The summed E-state index contributed by atoms with van der Waals surface area (Å²) >= 11 is 0. The number of rotatable bonds is 4. The van der Waals surface area contributed by atoms with Crippen LogP contribution in [0.5, 0.6) is 0 Å². The van der Waals surface area contributed by atoms with Crippen molar-refractivity contribution >= 4 is 11.6 Å². The summed E-state index contributed by atoms with van der Waals surface area (Å²) in [4.78, 5) is 13.9. The molecule has 0 saturated carbocycles. The number of amides is 1. The van der Waals surface area contributed by atoms with Gasteiger partial charge in [0.05, 0.1) is 0 Å². The van der Waals surface area contributed by atoms with Crippen molar-refractivity contribution < 1.29 is 21.8 Å². The van der Waals surface area contributed by atoms with E-state index in [1.54, 1.807) is 11.9 Å². The molecule has 0 aliphatic carbocycles. The second-order valence-corrected chi connectivity index (χ2v) is 5.25. The standard InChI is InChI=1S/C17H21N2O.ClH/c1-14(2)15-9-11-19(12-10-15)13-17(20)18(3)16-7-5-4-6-8-16;/h4-12,14H,13H2,1-3H3;1H/q+1;/p-1. The molecule has 1 amide bonds. The van der Waals surface area contributed by atoms with E-state index in [2.05, 4.69) is 26.0 Å². The second kappa shape index (κ2) is 7.79. The molecule has 4 heteroatoms. The summed E-state index contributed by atoms with van der Waals surface area (Å²) in [5, 5.41) is 0. The molecule has 0 aliphatic rings. The van der Waals surface area contributed by atoms with Crippen LogP contribution in [0.25, 0.3) is 0 Å². The monoisotopic (exact) mass is 304 g/mol. The van der Waals surface area contributed by atoms with Crippen LogP contribution in [0.3, 0.4) is 0 Å². The van der Waals surface area contributed by atoms with Crippen LogP contribution in [0.4, 0.5) is 5.69 Å². The molecule has 0 saturated heterocycles. The summed E-state index contributed by atoms with van der Waals surface area (Å²) in [7, 11) is 1.81. The normalized spacial score (nSPS) is 10.1. The lowest BCUT2D eigenvalue weighted by Crippen LogP contribution is -3.00. The average molecular weight is 305 g/mol. The summed E-state index contributed by atoms with van der Waals surface area (Å²) in [6.07, 6.45) is 3.93. The van der Waals surface area contributed by atoms with Crippen LogP contribution in [-0.4, -0.2) is 13.0 Å². The summed E-state index contributed by atoms with van der Waals surface area (Å²) in [5.41, 5.74) is 2.20. The first kappa shape index (κ1) is 17.2. The number of carbonyl (C=O) groups is 1. The average Bonchev–Trinajstić information content (AvgIpc) is 2.48. The lowest BCUT2D eigenvalue weighted by atomic mass is 10.1. The van der Waals surface area contributed by atoms with E-state index in [-0.39, 0.29) is 18.3 Å². The van der Waals surface area contributed by atoms with Gasteiger partial charge < -0.3 is 17.3 Å². The Morgan fingerprint density at radius 2 is 1.67 bits per heavy atom. The van der Waals surface area contributed by atoms with Crippen LogP contribution >= 0.6 is 0 Å². The van der Waals surface area contributed by atoms with Gasteiger partial charge in [0, 0.05) is 24.9 Å². The van der Waals surface area contributed by atoms with Gasteiger partial charge in [-0.2, -0.15) is 4.57 Å². The Morgan fingerprint density at radius 1 is 1.10 bits per heavy atom. The number of nitrogens with zero attached hydrogens (tertiary/aromatic N) is 2. The molecule has 1 heterocycles. The molecule has 21 heavy (non-hydrogen) atoms. The van der Waals surface area contributed by atoms with Crippen LogP contribution in [-0.2, 0) is 11.3 Å². The highest BCUT2D eigenvalue weighted by Gasteiger charge is 2.15. The molecule has 112 valence electrons. The smallest absolute Gasteiger partial charge is 0.292 e. The van der Waals surface area contributed by atoms with Crippen LogP contribution in [0.2, 0.25) is 0 Å². The van der Waals surface area contributed by atoms with Gasteiger partial charge in [-0.05, 0) is 23.6 Å². The van der Waals surface area contributed by atoms with Crippen LogP contribution in [0.1, 0.15) is 25.3 Å². The predicted molar refractivity (Wildman–Crippen MR) is 80.6 cm³/mol. The number of anilines is 1. The SMILES string of the molecule is CC(C)c1cc[n+](CC(=O)N(C)c2ccccc2)cc1.[Cl-]. The van der Waals surface area contributed by atoms with E-state index in [9.17, 15) is 4.79 Å². The number of para-hydroxylation sites is 1. The molecule has 0 atom stereocenters. The van der Waals surface area contributed by atoms with E-state index >= 15 is 0 Å². The molecule has 0 bridgehead atoms. The highest BCUT2D eigenvalue weighted by atomic mass is 35.5. The zero-order valence-corrected chi connectivity index (χ0v) is 13.4. The van der Waals surface area contributed by atoms with Gasteiger partial charge in [-0.3, -0.25) is 4.79 Å². The van der Waals surface area contributed by atoms with Crippen LogP contribution in [0, 0.1) is 0 Å². The highest BCUT2D eigenvalue weighted by molar-refractivity contribution is 5.91. The number of likely N-dealkylation sites (N-methyl/N-ethyl adjacent to an activating group) is 1. The molecule has 0 aliphatic heterocycles. The maximum atomic E-state index is 12.2. The predicted octanol–water partition coefficient (Wildman–Crippen LogP) is -0.235. The quantitative estimate of drug-likeness (QED) is 0.716. The fourth-order valence-corrected chi connectivity index (χ4v) is 2.02. The molecule has 3 nitrogen and oxygen atoms in total. The highest BCUT2D eigenvalue weighted by Crippen LogP contribution is 2.12. The molecule has 0 N–H and O–H groups in total. The number of aromatic nitrogens is 1. The first-order valence-electron chi connectivity index (χ1n) is 6.88. The Kier molecular flexibility index (Phi) is 6.38. The zero-order valence-electron chi connectivity index (χ0n) is 12.7. The maximum absolute atomic E-state index is 12.2. The molecular formula is C17H21ClN2O. The van der Waals surface area contributed by atoms with Crippen molar-refractivity contribution in [3.63, 3.8) is 0 Å². The molecule has 2 rings (SSSR count). The van der Waals surface area contributed by atoms with Gasteiger partial charge in [0.2, 0.25) is 6.54 Å². The number of carbonyl (C=O) groups excluding carboxylic acids is 1. The maximum Gasteiger partial charge on any atom is 0.292 e. The van der Waals surface area contributed by atoms with Gasteiger partial charge in [-0.15, -0.1) is 0 Å². The fourth-order valence-electron chi connectivity index (χ4n) is 2.02. The summed E-state index contributed by atoms with van der Waals surface area (Å²) in [6, 6.07) is 13.8. The third-order valence-corrected chi connectivity index (χ3v) is 3.42. The topological polar surface area (TPSA) is 24.2 Å². The van der Waals surface area contributed by atoms with E-state index in [1.807, 2.05) is 47.3 Å². The lowest BCUT2D eigenvalue weighted by molar-refractivity contribution is -0.684. The number of benzene rings is 1. The molecule has 1 aromatic carbocycles. The van der Waals surface area contributed by atoms with Gasteiger partial charge in [0.25, 0.3) is 5.91 Å². The Morgan fingerprint density at radius 3 is 2.19 bits per heavy atom. The molecule has 1 aromatic heterocycles. The third kappa shape index (κ3) is 4.57. The fraction of sp³-hybridized carbons (Fsp3) is 0.294. The van der Waals surface area contributed by atoms with E-state index in [0.717, 1.165) is 5.69 Å². The summed E-state index contributed by atoms with van der Waals surface area (Å²) < 4.78 is 1.91. The summed E-state index contributed by atoms with van der Waals surface area (Å²) in [5.74, 6) is 0.575. The zero-order chi connectivity index (χ0) is 14.5. The van der Waals surface area contributed by atoms with Crippen molar-refractivity contribution in [3.8, 4) is 0 Å². The van der Waals surface area contributed by atoms with Crippen LogP contribution < -0.4 is 21.9 Å². The number of pyridine rings is 1. The van der Waals surface area contributed by atoms with Crippen molar-refractivity contribution in [3.05, 3.63) is 60.4 Å². The Hall–Kier alpha value is -1.87. The molecule has 0 spiro atoms. The first-order chi connectivity index (χ1) is 9.58. The van der Waals surface area contributed by atoms with Crippen molar-refractivity contribution in [2.24, 2.45) is 0 Å². The van der Waals surface area contributed by atoms with Crippen molar-refractivity contribution in [1.29, 1.82) is 0 Å². The molecule has 0 fully saturated rings. The molecule has 0 unspecified atom stereocenters.